The van der Waals surface area contributed by atoms with Crippen molar-refractivity contribution in [1.29, 1.82) is 0 Å². The van der Waals surface area contributed by atoms with Gasteiger partial charge in [0.15, 0.2) is 0 Å². The second kappa shape index (κ2) is 7.47. The molecular formula is C7H11ClOPd. The van der Waals surface area contributed by atoms with Crippen LogP contribution in [0.1, 0.15) is 19.8 Å². The summed E-state index contributed by atoms with van der Waals surface area (Å²) >= 11 is 0.0579. The van der Waals surface area contributed by atoms with E-state index in [2.05, 4.69) is 6.92 Å². The van der Waals surface area contributed by atoms with Crippen molar-refractivity contribution >= 4 is 15.3 Å². The Morgan fingerprint density at radius 2 is 2.40 bits per heavy atom. The van der Waals surface area contributed by atoms with Crippen molar-refractivity contribution in [3.8, 4) is 0 Å². The van der Waals surface area contributed by atoms with Crippen molar-refractivity contribution in [1.82, 2.24) is 0 Å². The molecule has 0 aliphatic carbocycles. The molecule has 0 aliphatic rings. The molecule has 0 unspecified atom stereocenters. The zero-order chi connectivity index (χ0) is 7.82. The van der Waals surface area contributed by atoms with E-state index in [9.17, 15) is 4.79 Å². The minimum atomic E-state index is 0.0579. The molecule has 0 saturated carbocycles. The molecule has 0 aromatic carbocycles. The first-order chi connectivity index (χ1) is 4.81. The van der Waals surface area contributed by atoms with Crippen LogP contribution in [-0.4, -0.2) is 5.78 Å². The second-order valence-electron chi connectivity index (χ2n) is 1.85. The molecule has 0 radical (unpaired) electrons. The van der Waals surface area contributed by atoms with Crippen molar-refractivity contribution in [2.45, 2.75) is 24.7 Å². The van der Waals surface area contributed by atoms with Crippen LogP contribution in [0.4, 0.5) is 0 Å². The van der Waals surface area contributed by atoms with E-state index in [1.165, 1.54) is 0 Å². The number of hydrogen-bond donors (Lipinski definition) is 0. The van der Waals surface area contributed by atoms with Gasteiger partial charge in [-0.05, 0) is 0 Å². The van der Waals surface area contributed by atoms with Crippen molar-refractivity contribution < 1.29 is 21.8 Å². The molecule has 0 rings (SSSR count). The standard InChI is InChI=1S/C7H11O.ClH.Pd/c1-3-4-5-6-7(2)8;;/h5-6H,2-4H2,1H3;1H;/q;;+1/p-1. The van der Waals surface area contributed by atoms with Gasteiger partial charge in [0.05, 0.1) is 0 Å². The molecule has 0 aromatic heterocycles. The Kier molecular flexibility index (Phi) is 7.74. The summed E-state index contributed by atoms with van der Waals surface area (Å²) in [6.45, 7) is 2.08. The Labute approximate surface area is 74.0 Å². The first kappa shape index (κ1) is 10.4. The van der Waals surface area contributed by atoms with Crippen LogP contribution >= 0.6 is 9.53 Å². The molecule has 10 heavy (non-hydrogen) atoms. The molecule has 0 amide bonds. The molecule has 0 aliphatic heterocycles. The van der Waals surface area contributed by atoms with Gasteiger partial charge in [0.25, 0.3) is 0 Å². The van der Waals surface area contributed by atoms with Crippen molar-refractivity contribution in [3.05, 3.63) is 12.2 Å². The summed E-state index contributed by atoms with van der Waals surface area (Å²) in [6.07, 6.45) is 5.61. The van der Waals surface area contributed by atoms with Gasteiger partial charge in [-0.25, -0.2) is 0 Å². The zero-order valence-electron chi connectivity index (χ0n) is 5.88. The SMILES string of the molecule is CCCC=CC(=O)[CH2][Pd][Cl]. The number of ketones is 1. The number of carbonyl (C=O) groups excluding carboxylic acids is 1. The molecule has 0 fully saturated rings. The fourth-order valence-corrected chi connectivity index (χ4v) is 1.34. The normalized spacial score (nSPS) is 11.0. The van der Waals surface area contributed by atoms with Gasteiger partial charge in [0.1, 0.15) is 0 Å². The predicted molar refractivity (Wildman–Crippen MR) is 39.7 cm³/mol. The van der Waals surface area contributed by atoms with Gasteiger partial charge >= 0.3 is 73.9 Å². The molecule has 3 heteroatoms. The molecular weight excluding hydrogens is 242 g/mol. The van der Waals surface area contributed by atoms with Crippen LogP contribution in [0.2, 0.25) is 4.89 Å². The van der Waals surface area contributed by atoms with E-state index < -0.39 is 0 Å². The molecule has 0 N–H and O–H groups in total. The van der Waals surface area contributed by atoms with E-state index in [1.54, 1.807) is 6.08 Å². The molecule has 0 heterocycles. The second-order valence-corrected chi connectivity index (χ2v) is 3.82. The molecule has 0 bridgehead atoms. The maximum absolute atomic E-state index is 10.8. The van der Waals surface area contributed by atoms with Crippen LogP contribution in [-0.2, 0) is 21.8 Å². The van der Waals surface area contributed by atoms with Gasteiger partial charge in [-0.2, -0.15) is 0 Å². The number of unbranched alkanes of at least 4 members (excludes halogenated alkanes) is 1. The monoisotopic (exact) mass is 252 g/mol. The fourth-order valence-electron chi connectivity index (χ4n) is 0.460. The van der Waals surface area contributed by atoms with E-state index in [0.717, 1.165) is 12.8 Å². The summed E-state index contributed by atoms with van der Waals surface area (Å²) in [5, 5.41) is 0. The van der Waals surface area contributed by atoms with Gasteiger partial charge in [0.2, 0.25) is 0 Å². The number of hydrogen-bond acceptors (Lipinski definition) is 1. The predicted octanol–water partition coefficient (Wildman–Crippen LogP) is 2.57. The fraction of sp³-hybridized carbons (Fsp3) is 0.571. The zero-order valence-corrected chi connectivity index (χ0v) is 8.19. The quantitative estimate of drug-likeness (QED) is 0.543. The van der Waals surface area contributed by atoms with Crippen LogP contribution in [0.15, 0.2) is 12.2 Å². The van der Waals surface area contributed by atoms with Crippen LogP contribution in [0.25, 0.3) is 0 Å². The van der Waals surface area contributed by atoms with E-state index in [4.69, 9.17) is 9.53 Å². The van der Waals surface area contributed by atoms with Gasteiger partial charge in [0, 0.05) is 0 Å². The third-order valence-electron chi connectivity index (χ3n) is 0.912. The van der Waals surface area contributed by atoms with Gasteiger partial charge in [-0.15, -0.1) is 0 Å². The Balaban J connectivity index is 3.36. The summed E-state index contributed by atoms with van der Waals surface area (Å²) in [5.74, 6) is 0.150. The van der Waals surface area contributed by atoms with Crippen molar-refractivity contribution in [2.75, 3.05) is 0 Å². The number of rotatable bonds is 5. The molecule has 0 aromatic rings. The minimum absolute atomic E-state index is 0.0579. The van der Waals surface area contributed by atoms with E-state index in [-0.39, 0.29) is 22.7 Å². The number of allylic oxidation sites excluding steroid dienone is 2. The Morgan fingerprint density at radius 1 is 1.70 bits per heavy atom. The molecule has 0 saturated heterocycles. The summed E-state index contributed by atoms with van der Waals surface area (Å²) in [6, 6.07) is 0. The van der Waals surface area contributed by atoms with Crippen LogP contribution in [0, 0.1) is 0 Å². The topological polar surface area (TPSA) is 17.1 Å². The number of carbonyl (C=O) groups is 1. The van der Waals surface area contributed by atoms with Crippen LogP contribution < -0.4 is 0 Å². The van der Waals surface area contributed by atoms with Crippen molar-refractivity contribution in [3.63, 3.8) is 0 Å². The Hall–Kier alpha value is 0.362. The Bertz CT molecular complexity index is 123. The van der Waals surface area contributed by atoms with Gasteiger partial charge < -0.3 is 0 Å². The van der Waals surface area contributed by atoms with Gasteiger partial charge in [-0.3, -0.25) is 0 Å². The van der Waals surface area contributed by atoms with E-state index >= 15 is 0 Å². The third kappa shape index (κ3) is 6.48. The average molecular weight is 253 g/mol. The molecule has 62 valence electrons. The van der Waals surface area contributed by atoms with Crippen molar-refractivity contribution in [2.24, 2.45) is 0 Å². The Morgan fingerprint density at radius 3 is 2.90 bits per heavy atom. The summed E-state index contributed by atoms with van der Waals surface area (Å²) in [5.41, 5.74) is 0. The number of halogens is 1. The molecule has 1 nitrogen and oxygen atoms in total. The average Bonchev–Trinajstić information content (AvgIpc) is 1.89. The summed E-state index contributed by atoms with van der Waals surface area (Å²) in [4.78, 5) is 11.3. The van der Waals surface area contributed by atoms with Crippen LogP contribution in [0.3, 0.4) is 0 Å². The summed E-state index contributed by atoms with van der Waals surface area (Å²) in [7, 11) is 5.40. The maximum atomic E-state index is 10.8. The van der Waals surface area contributed by atoms with Gasteiger partial charge in [-0.1, -0.05) is 0 Å². The molecule has 0 spiro atoms. The van der Waals surface area contributed by atoms with Crippen LogP contribution in [0.5, 0.6) is 0 Å². The molecule has 0 atom stereocenters. The third-order valence-corrected chi connectivity index (χ3v) is 2.16. The first-order valence-electron chi connectivity index (χ1n) is 3.14. The van der Waals surface area contributed by atoms with E-state index in [1.807, 2.05) is 6.08 Å². The van der Waals surface area contributed by atoms with E-state index in [0.29, 0.717) is 4.89 Å². The summed E-state index contributed by atoms with van der Waals surface area (Å²) < 4.78 is 0. The first-order valence-corrected chi connectivity index (χ1v) is 6.24.